The molecule has 0 atom stereocenters. The fourth-order valence-corrected chi connectivity index (χ4v) is 16.3. The SMILES string of the molecule is Cc1ccccc1N1c2cc3sc4cc5c(cc4c3cc2B2c3cc4c(cc3N(c3ccc6c(c3)C(C)(C)CCC6(C)C)c3cc(C6CCCCC6)cc1c32)C(C)(C)CCC4(C)C)C(C)(C)CCC5(C)C. The first-order valence-corrected chi connectivity index (χ1v) is 28.6. The molecule has 0 bridgehead atoms. The van der Waals surface area contributed by atoms with Crippen molar-refractivity contribution in [1.82, 2.24) is 0 Å². The van der Waals surface area contributed by atoms with E-state index in [1.54, 1.807) is 16.7 Å². The van der Waals surface area contributed by atoms with Crippen LogP contribution in [0.2, 0.25) is 0 Å². The van der Waals surface area contributed by atoms with Crippen LogP contribution in [0.15, 0.2) is 91.0 Å². The Morgan fingerprint density at radius 2 is 0.930 bits per heavy atom. The van der Waals surface area contributed by atoms with Gasteiger partial charge in [-0.3, -0.25) is 0 Å². The molecule has 2 nitrogen and oxygen atoms in total. The van der Waals surface area contributed by atoms with Crippen LogP contribution in [0.25, 0.3) is 20.2 Å². The van der Waals surface area contributed by atoms with E-state index in [2.05, 4.69) is 191 Å². The van der Waals surface area contributed by atoms with Crippen molar-refractivity contribution in [2.24, 2.45) is 0 Å². The van der Waals surface area contributed by atoms with Gasteiger partial charge in [-0.25, -0.2) is 0 Å². The third kappa shape index (κ3) is 6.77. The summed E-state index contributed by atoms with van der Waals surface area (Å²) in [5.41, 5.74) is 25.2. The molecular weight excluding hydrogens is 876 g/mol. The van der Waals surface area contributed by atoms with Crippen LogP contribution in [0.5, 0.6) is 0 Å². The number of para-hydroxylation sites is 1. The average molecular weight is 953 g/mol. The summed E-state index contributed by atoms with van der Waals surface area (Å²) in [5.74, 6) is 0.545. The molecule has 1 saturated carbocycles. The molecular formula is C67H77BN2S. The molecule has 0 radical (unpaired) electrons. The van der Waals surface area contributed by atoms with E-state index in [0.717, 1.165) is 0 Å². The summed E-state index contributed by atoms with van der Waals surface area (Å²) >= 11 is 2.02. The molecule has 6 aliphatic rings. The number of rotatable bonds is 3. The Hall–Kier alpha value is -4.80. The first-order valence-electron chi connectivity index (χ1n) is 27.8. The Balaban J connectivity index is 1.17. The summed E-state index contributed by atoms with van der Waals surface area (Å²) in [4.78, 5) is 5.53. The fourth-order valence-electron chi connectivity index (χ4n) is 15.1. The zero-order valence-electron chi connectivity index (χ0n) is 45.4. The molecule has 7 aromatic rings. The van der Waals surface area contributed by atoms with Gasteiger partial charge in [0.2, 0.25) is 0 Å². The minimum atomic E-state index is 0.0633. The fraction of sp³-hybridized carbons (Fsp3) is 0.463. The Morgan fingerprint density at radius 1 is 0.437 bits per heavy atom. The molecule has 0 unspecified atom stereocenters. The molecule has 0 amide bonds. The van der Waals surface area contributed by atoms with Crippen LogP contribution < -0.4 is 26.2 Å². The molecule has 0 saturated heterocycles. The number of anilines is 6. The molecule has 4 aliphatic carbocycles. The van der Waals surface area contributed by atoms with E-state index in [4.69, 9.17) is 0 Å². The summed E-state index contributed by atoms with van der Waals surface area (Å²) in [5, 5.41) is 2.85. The van der Waals surface area contributed by atoms with Gasteiger partial charge < -0.3 is 9.80 Å². The minimum absolute atomic E-state index is 0.0633. The van der Waals surface area contributed by atoms with Crippen molar-refractivity contribution in [1.29, 1.82) is 0 Å². The van der Waals surface area contributed by atoms with Crippen LogP contribution in [0.4, 0.5) is 34.1 Å². The third-order valence-corrected chi connectivity index (χ3v) is 21.3. The molecule has 13 rings (SSSR count). The van der Waals surface area contributed by atoms with Gasteiger partial charge in [-0.15, -0.1) is 11.3 Å². The number of hydrogen-bond acceptors (Lipinski definition) is 3. The van der Waals surface area contributed by atoms with Crippen molar-refractivity contribution in [3.63, 3.8) is 0 Å². The number of hydrogen-bond donors (Lipinski definition) is 0. The van der Waals surface area contributed by atoms with Crippen molar-refractivity contribution < 1.29 is 0 Å². The molecule has 0 N–H and O–H groups in total. The van der Waals surface area contributed by atoms with E-state index in [1.165, 1.54) is 169 Å². The van der Waals surface area contributed by atoms with Crippen LogP contribution >= 0.6 is 11.3 Å². The summed E-state index contributed by atoms with van der Waals surface area (Å²) < 4.78 is 2.83. The summed E-state index contributed by atoms with van der Waals surface area (Å²) in [6, 6.07) is 38.4. The predicted molar refractivity (Wildman–Crippen MR) is 310 cm³/mol. The molecule has 3 heterocycles. The number of thiophene rings is 1. The van der Waals surface area contributed by atoms with Gasteiger partial charge >= 0.3 is 0 Å². The highest BCUT2D eigenvalue weighted by Crippen LogP contribution is 2.55. The van der Waals surface area contributed by atoms with E-state index in [1.807, 2.05) is 11.3 Å². The first kappa shape index (κ1) is 46.0. The van der Waals surface area contributed by atoms with Gasteiger partial charge in [0.05, 0.1) is 0 Å². The highest BCUT2D eigenvalue weighted by molar-refractivity contribution is 7.26. The summed E-state index contributed by atoms with van der Waals surface area (Å²) in [7, 11) is 0. The van der Waals surface area contributed by atoms with E-state index >= 15 is 0 Å². The highest BCUT2D eigenvalue weighted by atomic mass is 32.1. The van der Waals surface area contributed by atoms with Gasteiger partial charge in [0.1, 0.15) is 0 Å². The lowest BCUT2D eigenvalue weighted by Crippen LogP contribution is -2.62. The van der Waals surface area contributed by atoms with Crippen molar-refractivity contribution in [3.8, 4) is 0 Å². The molecule has 1 aromatic heterocycles. The van der Waals surface area contributed by atoms with Crippen LogP contribution in [0.3, 0.4) is 0 Å². The van der Waals surface area contributed by atoms with Crippen molar-refractivity contribution in [2.75, 3.05) is 9.80 Å². The van der Waals surface area contributed by atoms with Crippen molar-refractivity contribution in [2.45, 2.75) is 199 Å². The Morgan fingerprint density at radius 3 is 1.56 bits per heavy atom. The zero-order valence-corrected chi connectivity index (χ0v) is 46.2. The smallest absolute Gasteiger partial charge is 0.252 e. The van der Waals surface area contributed by atoms with Crippen LogP contribution in [0, 0.1) is 6.92 Å². The largest absolute Gasteiger partial charge is 0.311 e. The van der Waals surface area contributed by atoms with Crippen LogP contribution in [-0.4, -0.2) is 6.71 Å². The van der Waals surface area contributed by atoms with Gasteiger partial charge in [-0.1, -0.05) is 139 Å². The zero-order chi connectivity index (χ0) is 49.5. The molecule has 71 heavy (non-hydrogen) atoms. The molecule has 364 valence electrons. The molecule has 2 aliphatic heterocycles. The predicted octanol–water partition coefficient (Wildman–Crippen LogP) is 17.5. The number of aryl methyl sites for hydroxylation is 1. The minimum Gasteiger partial charge on any atom is -0.311 e. The average Bonchev–Trinajstić information content (AvgIpc) is 3.69. The Labute approximate surface area is 430 Å². The molecule has 6 aromatic carbocycles. The van der Waals surface area contributed by atoms with Gasteiger partial charge in [-0.2, -0.15) is 0 Å². The maximum absolute atomic E-state index is 2.79. The number of benzene rings is 6. The Kier molecular flexibility index (Phi) is 9.82. The van der Waals surface area contributed by atoms with Crippen molar-refractivity contribution in [3.05, 3.63) is 136 Å². The molecule has 0 spiro atoms. The van der Waals surface area contributed by atoms with E-state index in [9.17, 15) is 0 Å². The summed E-state index contributed by atoms with van der Waals surface area (Å²) in [6.07, 6.45) is 13.7. The van der Waals surface area contributed by atoms with Gasteiger partial charge in [0, 0.05) is 48.9 Å². The monoisotopic (exact) mass is 953 g/mol. The van der Waals surface area contributed by atoms with Gasteiger partial charge in [0.25, 0.3) is 6.71 Å². The van der Waals surface area contributed by atoms with E-state index in [-0.39, 0.29) is 39.2 Å². The number of nitrogens with zero attached hydrogens (tertiary/aromatic N) is 2. The van der Waals surface area contributed by atoms with E-state index in [0.29, 0.717) is 5.92 Å². The van der Waals surface area contributed by atoms with E-state index < -0.39 is 0 Å². The number of fused-ring (bicyclic) bond motifs is 10. The lowest BCUT2D eigenvalue weighted by Gasteiger charge is -2.48. The van der Waals surface area contributed by atoms with Gasteiger partial charge in [0.15, 0.2) is 0 Å². The maximum Gasteiger partial charge on any atom is 0.252 e. The normalized spacial score (nSPS) is 21.8. The topological polar surface area (TPSA) is 6.48 Å². The lowest BCUT2D eigenvalue weighted by molar-refractivity contribution is 0.332. The lowest BCUT2D eigenvalue weighted by atomic mass is 9.33. The first-order chi connectivity index (χ1) is 33.5. The molecule has 4 heteroatoms. The maximum atomic E-state index is 2.79. The molecule has 1 fully saturated rings. The highest BCUT2D eigenvalue weighted by Gasteiger charge is 2.48. The quantitative estimate of drug-likeness (QED) is 0.163. The van der Waals surface area contributed by atoms with Crippen LogP contribution in [-0.2, 0) is 32.5 Å². The van der Waals surface area contributed by atoms with Gasteiger partial charge in [-0.05, 0) is 218 Å². The summed E-state index contributed by atoms with van der Waals surface area (Å²) in [6.45, 7) is 32.4. The standard InChI is InChI=1S/C67H77BN2S/c1-40-19-17-18-22-54(40)70-56-39-60-45(44-34-48-51(38-59(44)71-60)67(12,13)30-27-64(48,6)7)35-52(56)68-53-36-49-50(66(10,11)29-28-65(49,8)9)37-55(53)69(43-23-24-46-47(33-43)63(4,5)26-25-62(46,2)3)57-31-42(32-58(70)61(57)68)41-20-15-14-16-21-41/h17-19,22-24,31-39,41H,14-16,20-21,25-30H2,1-13H3. The second-order valence-corrected chi connectivity index (χ2v) is 28.7. The third-order valence-electron chi connectivity index (χ3n) is 20.2. The second-order valence-electron chi connectivity index (χ2n) is 27.6. The second kappa shape index (κ2) is 15.1. The Bertz CT molecular complexity index is 3400. The van der Waals surface area contributed by atoms with Crippen molar-refractivity contribution >= 4 is 88.7 Å². The van der Waals surface area contributed by atoms with Crippen LogP contribution in [0.1, 0.15) is 204 Å².